The summed E-state index contributed by atoms with van der Waals surface area (Å²) in [5.74, 6) is -0.342. The number of hydrogen-bond donors (Lipinski definition) is 0. The molecule has 0 spiro atoms. The molecule has 0 bridgehead atoms. The SMILES string of the molecule is CC(c1ccc(F)cc1)N(C)S(=O)(=O)c1ccc2ccccc2c1. The lowest BCUT2D eigenvalue weighted by atomic mass is 10.1. The second-order valence-electron chi connectivity index (χ2n) is 5.76. The maximum absolute atomic E-state index is 13.1. The summed E-state index contributed by atoms with van der Waals surface area (Å²) in [5, 5.41) is 1.87. The third kappa shape index (κ3) is 3.05. The Bertz CT molecular complexity index is 968. The lowest BCUT2D eigenvalue weighted by molar-refractivity contribution is 0.398. The lowest BCUT2D eigenvalue weighted by Gasteiger charge is -2.25. The molecule has 0 aliphatic heterocycles. The standard InChI is InChI=1S/C19H18FNO2S/c1-14(15-7-10-18(20)11-8-15)21(2)24(22,23)19-12-9-16-5-3-4-6-17(16)13-19/h3-14H,1-2H3. The van der Waals surface area contributed by atoms with Gasteiger partial charge in [-0.15, -0.1) is 0 Å². The minimum atomic E-state index is -3.65. The fourth-order valence-electron chi connectivity index (χ4n) is 2.65. The molecule has 0 fully saturated rings. The average Bonchev–Trinajstić information content (AvgIpc) is 2.60. The Morgan fingerprint density at radius 3 is 2.21 bits per heavy atom. The highest BCUT2D eigenvalue weighted by atomic mass is 32.2. The first-order valence-corrected chi connectivity index (χ1v) is 9.06. The Balaban J connectivity index is 1.96. The molecule has 1 atom stereocenters. The number of nitrogens with zero attached hydrogens (tertiary/aromatic N) is 1. The normalized spacial score (nSPS) is 13.3. The number of benzene rings is 3. The minimum absolute atomic E-state index is 0.248. The van der Waals surface area contributed by atoms with Gasteiger partial charge in [0.25, 0.3) is 0 Å². The smallest absolute Gasteiger partial charge is 0.207 e. The van der Waals surface area contributed by atoms with E-state index >= 15 is 0 Å². The maximum Gasteiger partial charge on any atom is 0.243 e. The van der Waals surface area contributed by atoms with Crippen molar-refractivity contribution in [2.24, 2.45) is 0 Å². The van der Waals surface area contributed by atoms with Crippen LogP contribution in [-0.2, 0) is 10.0 Å². The van der Waals surface area contributed by atoms with Gasteiger partial charge in [-0.05, 0) is 47.5 Å². The molecule has 5 heteroatoms. The molecule has 0 amide bonds. The van der Waals surface area contributed by atoms with Gasteiger partial charge in [0.2, 0.25) is 10.0 Å². The third-order valence-electron chi connectivity index (χ3n) is 4.30. The van der Waals surface area contributed by atoms with E-state index in [9.17, 15) is 12.8 Å². The molecule has 0 radical (unpaired) electrons. The lowest BCUT2D eigenvalue weighted by Crippen LogP contribution is -2.29. The molecule has 0 saturated heterocycles. The molecule has 0 heterocycles. The predicted molar refractivity (Wildman–Crippen MR) is 93.7 cm³/mol. The molecule has 0 aromatic heterocycles. The van der Waals surface area contributed by atoms with Crippen molar-refractivity contribution in [3.05, 3.63) is 78.1 Å². The van der Waals surface area contributed by atoms with Crippen LogP contribution in [0, 0.1) is 5.82 Å². The van der Waals surface area contributed by atoms with Crippen molar-refractivity contribution in [3.63, 3.8) is 0 Å². The van der Waals surface area contributed by atoms with Gasteiger partial charge in [0.15, 0.2) is 0 Å². The molecule has 124 valence electrons. The first kappa shape index (κ1) is 16.6. The first-order valence-electron chi connectivity index (χ1n) is 7.62. The van der Waals surface area contributed by atoms with Crippen molar-refractivity contribution in [3.8, 4) is 0 Å². The summed E-state index contributed by atoms with van der Waals surface area (Å²) in [4.78, 5) is 0.248. The van der Waals surface area contributed by atoms with Gasteiger partial charge in [-0.25, -0.2) is 12.8 Å². The molecular weight excluding hydrogens is 325 g/mol. The minimum Gasteiger partial charge on any atom is -0.207 e. The first-order chi connectivity index (χ1) is 11.4. The summed E-state index contributed by atoms with van der Waals surface area (Å²) in [5.41, 5.74) is 0.739. The van der Waals surface area contributed by atoms with Crippen LogP contribution in [0.15, 0.2) is 71.6 Å². The largest absolute Gasteiger partial charge is 0.243 e. The number of rotatable bonds is 4. The van der Waals surface area contributed by atoms with Crippen LogP contribution in [0.2, 0.25) is 0 Å². The van der Waals surface area contributed by atoms with Gasteiger partial charge >= 0.3 is 0 Å². The molecule has 0 aliphatic rings. The molecule has 1 unspecified atom stereocenters. The van der Waals surface area contributed by atoms with Gasteiger partial charge in [0, 0.05) is 13.1 Å². The summed E-state index contributed by atoms with van der Waals surface area (Å²) < 4.78 is 40.2. The molecule has 0 N–H and O–H groups in total. The van der Waals surface area contributed by atoms with Gasteiger partial charge < -0.3 is 0 Å². The molecular formula is C19H18FNO2S. The maximum atomic E-state index is 13.1. The van der Waals surface area contributed by atoms with Crippen molar-refractivity contribution in [1.82, 2.24) is 4.31 Å². The molecule has 3 aromatic rings. The molecule has 0 saturated carbocycles. The van der Waals surface area contributed by atoms with Gasteiger partial charge in [0.1, 0.15) is 5.82 Å². The topological polar surface area (TPSA) is 37.4 Å². The summed E-state index contributed by atoms with van der Waals surface area (Å²) in [7, 11) is -2.11. The van der Waals surface area contributed by atoms with Crippen LogP contribution in [0.5, 0.6) is 0 Å². The Labute approximate surface area is 141 Å². The molecule has 24 heavy (non-hydrogen) atoms. The highest BCUT2D eigenvalue weighted by molar-refractivity contribution is 7.89. The highest BCUT2D eigenvalue weighted by Crippen LogP contribution is 2.27. The van der Waals surface area contributed by atoms with E-state index in [1.54, 1.807) is 44.3 Å². The summed E-state index contributed by atoms with van der Waals surface area (Å²) >= 11 is 0. The van der Waals surface area contributed by atoms with E-state index in [2.05, 4.69) is 0 Å². The van der Waals surface area contributed by atoms with Gasteiger partial charge in [-0.2, -0.15) is 4.31 Å². The summed E-state index contributed by atoms with van der Waals surface area (Å²) in [6.07, 6.45) is 0. The second-order valence-corrected chi connectivity index (χ2v) is 7.76. The number of hydrogen-bond acceptors (Lipinski definition) is 2. The van der Waals surface area contributed by atoms with Crippen LogP contribution >= 0.6 is 0 Å². The van der Waals surface area contributed by atoms with Crippen LogP contribution in [0.25, 0.3) is 10.8 Å². The zero-order valence-corrected chi connectivity index (χ0v) is 14.3. The number of sulfonamides is 1. The van der Waals surface area contributed by atoms with E-state index in [1.165, 1.54) is 16.4 Å². The van der Waals surface area contributed by atoms with E-state index < -0.39 is 16.1 Å². The number of halogens is 1. The third-order valence-corrected chi connectivity index (χ3v) is 6.22. The Kier molecular flexibility index (Phi) is 4.39. The molecule has 3 rings (SSSR count). The van der Waals surface area contributed by atoms with E-state index in [1.807, 2.05) is 24.3 Å². The van der Waals surface area contributed by atoms with Crippen LogP contribution in [-0.4, -0.2) is 19.8 Å². The summed E-state index contributed by atoms with van der Waals surface area (Å²) in [6, 6.07) is 18.2. The van der Waals surface area contributed by atoms with E-state index in [4.69, 9.17) is 0 Å². The van der Waals surface area contributed by atoms with E-state index in [-0.39, 0.29) is 10.7 Å². The van der Waals surface area contributed by atoms with Crippen LogP contribution in [0.3, 0.4) is 0 Å². The van der Waals surface area contributed by atoms with Crippen molar-refractivity contribution < 1.29 is 12.8 Å². The average molecular weight is 343 g/mol. The second kappa shape index (κ2) is 6.34. The van der Waals surface area contributed by atoms with E-state index in [0.29, 0.717) is 0 Å². The predicted octanol–water partition coefficient (Wildman–Crippen LogP) is 4.36. The zero-order valence-electron chi connectivity index (χ0n) is 13.5. The fourth-order valence-corrected chi connectivity index (χ4v) is 4.04. The van der Waals surface area contributed by atoms with Crippen molar-refractivity contribution >= 4 is 20.8 Å². The Hall–Kier alpha value is -2.24. The molecule has 3 nitrogen and oxygen atoms in total. The van der Waals surface area contributed by atoms with Gasteiger partial charge in [0.05, 0.1) is 4.90 Å². The van der Waals surface area contributed by atoms with Crippen molar-refractivity contribution in [2.45, 2.75) is 17.9 Å². The Morgan fingerprint density at radius 1 is 0.917 bits per heavy atom. The van der Waals surface area contributed by atoms with Crippen molar-refractivity contribution in [2.75, 3.05) is 7.05 Å². The zero-order chi connectivity index (χ0) is 17.3. The van der Waals surface area contributed by atoms with Gasteiger partial charge in [-0.3, -0.25) is 0 Å². The van der Waals surface area contributed by atoms with Crippen LogP contribution in [0.4, 0.5) is 4.39 Å². The van der Waals surface area contributed by atoms with Crippen molar-refractivity contribution in [1.29, 1.82) is 0 Å². The summed E-state index contributed by atoms with van der Waals surface area (Å²) in [6.45, 7) is 1.78. The van der Waals surface area contributed by atoms with E-state index in [0.717, 1.165) is 16.3 Å². The van der Waals surface area contributed by atoms with Gasteiger partial charge in [-0.1, -0.05) is 42.5 Å². The number of fused-ring (bicyclic) bond motifs is 1. The molecule has 0 aliphatic carbocycles. The van der Waals surface area contributed by atoms with Crippen LogP contribution < -0.4 is 0 Å². The molecule has 3 aromatic carbocycles. The Morgan fingerprint density at radius 2 is 1.54 bits per heavy atom. The highest BCUT2D eigenvalue weighted by Gasteiger charge is 2.26. The monoisotopic (exact) mass is 343 g/mol. The quantitative estimate of drug-likeness (QED) is 0.706. The fraction of sp³-hybridized carbons (Fsp3) is 0.158. The van der Waals surface area contributed by atoms with Crippen LogP contribution in [0.1, 0.15) is 18.5 Å².